The number of anilines is 1. The van der Waals surface area contributed by atoms with E-state index in [9.17, 15) is 4.79 Å². The summed E-state index contributed by atoms with van der Waals surface area (Å²) in [4.78, 5) is 19.9. The Morgan fingerprint density at radius 1 is 1.16 bits per heavy atom. The van der Waals surface area contributed by atoms with Crippen LogP contribution in [0.4, 0.5) is 5.69 Å². The van der Waals surface area contributed by atoms with Crippen molar-refractivity contribution in [2.24, 2.45) is 0 Å². The minimum atomic E-state index is -0.0645. The van der Waals surface area contributed by atoms with Crippen molar-refractivity contribution in [3.8, 4) is 0 Å². The topological polar surface area (TPSA) is 63.9 Å². The van der Waals surface area contributed by atoms with Crippen molar-refractivity contribution in [1.29, 1.82) is 0 Å². The molecule has 0 radical (unpaired) electrons. The molecule has 2 aromatic heterocycles. The van der Waals surface area contributed by atoms with Gasteiger partial charge in [-0.1, -0.05) is 12.1 Å². The maximum atomic E-state index is 11.3. The molecule has 25 heavy (non-hydrogen) atoms. The average Bonchev–Trinajstić information content (AvgIpc) is 3.03. The minimum Gasteiger partial charge on any atom is -0.380 e. The third-order valence-corrected chi connectivity index (χ3v) is 5.88. The van der Waals surface area contributed by atoms with Crippen molar-refractivity contribution in [1.82, 2.24) is 14.9 Å². The maximum Gasteiger partial charge on any atom is 0.248 e. The molecule has 0 bridgehead atoms. The van der Waals surface area contributed by atoms with Crippen LogP contribution in [0.2, 0.25) is 0 Å². The molecule has 3 aromatic rings. The average molecular weight is 334 g/mol. The quantitative estimate of drug-likeness (QED) is 0.675. The number of pyridine rings is 1. The number of benzene rings is 1. The fourth-order valence-electron chi connectivity index (χ4n) is 4.78. The van der Waals surface area contributed by atoms with Crippen LogP contribution in [-0.2, 0) is 6.42 Å². The molecule has 0 saturated carbocycles. The van der Waals surface area contributed by atoms with Crippen LogP contribution in [0, 0.1) is 0 Å². The van der Waals surface area contributed by atoms with E-state index in [1.165, 1.54) is 22.0 Å². The molecule has 5 nitrogen and oxygen atoms in total. The zero-order chi connectivity index (χ0) is 17.0. The monoisotopic (exact) mass is 334 g/mol. The van der Waals surface area contributed by atoms with Crippen LogP contribution < -0.4 is 10.9 Å². The number of nitrogens with one attached hydrogen (secondary N) is 3. The number of aromatic nitrogens is 2. The summed E-state index contributed by atoms with van der Waals surface area (Å²) in [7, 11) is 2.23. The van der Waals surface area contributed by atoms with Gasteiger partial charge in [0.25, 0.3) is 0 Å². The van der Waals surface area contributed by atoms with E-state index < -0.39 is 0 Å². The van der Waals surface area contributed by atoms with Crippen LogP contribution in [0.15, 0.2) is 47.5 Å². The fourth-order valence-corrected chi connectivity index (χ4v) is 4.78. The highest BCUT2D eigenvalue weighted by Gasteiger charge is 2.39. The van der Waals surface area contributed by atoms with Gasteiger partial charge in [-0.15, -0.1) is 0 Å². The molecule has 3 N–H and O–H groups in total. The first-order chi connectivity index (χ1) is 12.2. The van der Waals surface area contributed by atoms with Crippen molar-refractivity contribution >= 4 is 16.6 Å². The Hall–Kier alpha value is -2.53. The number of nitrogens with zero attached hydrogens (tertiary/aromatic N) is 1. The molecule has 0 amide bonds. The van der Waals surface area contributed by atoms with E-state index in [2.05, 4.69) is 51.6 Å². The van der Waals surface area contributed by atoms with Crippen LogP contribution in [0.5, 0.6) is 0 Å². The molecule has 5 rings (SSSR count). The second kappa shape index (κ2) is 5.49. The number of hydrogen-bond donors (Lipinski definition) is 3. The molecular formula is C20H22N4O. The van der Waals surface area contributed by atoms with E-state index in [4.69, 9.17) is 0 Å². The van der Waals surface area contributed by atoms with Crippen molar-refractivity contribution in [2.75, 3.05) is 18.9 Å². The molecule has 5 heteroatoms. The van der Waals surface area contributed by atoms with E-state index in [1.807, 2.05) is 6.07 Å². The van der Waals surface area contributed by atoms with Gasteiger partial charge in [-0.2, -0.15) is 0 Å². The summed E-state index contributed by atoms with van der Waals surface area (Å²) < 4.78 is 0. The number of likely N-dealkylation sites (N-methyl/N-ethyl adjacent to an activating group) is 1. The van der Waals surface area contributed by atoms with E-state index in [0.717, 1.165) is 25.1 Å². The Labute approximate surface area is 146 Å². The number of likely N-dealkylation sites (tertiary alicyclic amines) is 1. The molecule has 2 aliphatic rings. The number of piperidine rings is 1. The molecule has 0 spiro atoms. The second-order valence-electron chi connectivity index (χ2n) is 7.42. The lowest BCUT2D eigenvalue weighted by atomic mass is 9.74. The van der Waals surface area contributed by atoms with Crippen LogP contribution >= 0.6 is 0 Å². The summed E-state index contributed by atoms with van der Waals surface area (Å²) in [6.45, 7) is 1.01. The minimum absolute atomic E-state index is 0.0645. The first-order valence-electron chi connectivity index (χ1n) is 8.93. The van der Waals surface area contributed by atoms with Crippen molar-refractivity contribution in [3.05, 3.63) is 64.2 Å². The SMILES string of the molecule is CN1C[C@H](Nc2ccc(=O)[nH]c2)C[C@@H]2c3cccc4[nH]cc(c34)C[C@H]21. The molecule has 1 aliphatic heterocycles. The summed E-state index contributed by atoms with van der Waals surface area (Å²) in [5.74, 6) is 0.533. The van der Waals surface area contributed by atoms with Gasteiger partial charge in [-0.25, -0.2) is 0 Å². The maximum absolute atomic E-state index is 11.3. The van der Waals surface area contributed by atoms with Crippen molar-refractivity contribution in [2.45, 2.75) is 30.8 Å². The Morgan fingerprint density at radius 2 is 2.08 bits per heavy atom. The molecule has 1 fully saturated rings. The van der Waals surface area contributed by atoms with Crippen LogP contribution in [-0.4, -0.2) is 40.5 Å². The highest BCUT2D eigenvalue weighted by atomic mass is 16.1. The Balaban J connectivity index is 1.48. The number of rotatable bonds is 2. The van der Waals surface area contributed by atoms with E-state index in [1.54, 1.807) is 12.3 Å². The van der Waals surface area contributed by atoms with Gasteiger partial charge < -0.3 is 20.2 Å². The van der Waals surface area contributed by atoms with E-state index in [0.29, 0.717) is 18.0 Å². The van der Waals surface area contributed by atoms with Crippen molar-refractivity contribution in [3.63, 3.8) is 0 Å². The molecular weight excluding hydrogens is 312 g/mol. The van der Waals surface area contributed by atoms with Crippen molar-refractivity contribution < 1.29 is 0 Å². The summed E-state index contributed by atoms with van der Waals surface area (Å²) >= 11 is 0. The van der Waals surface area contributed by atoms with E-state index in [-0.39, 0.29) is 5.56 Å². The summed E-state index contributed by atoms with van der Waals surface area (Å²) in [5, 5.41) is 5.03. The molecule has 1 aliphatic carbocycles. The van der Waals surface area contributed by atoms with Gasteiger partial charge in [-0.05, 0) is 43.1 Å². The number of H-pyrrole nitrogens is 2. The van der Waals surface area contributed by atoms with Gasteiger partial charge in [0.2, 0.25) is 5.56 Å². The lowest BCUT2D eigenvalue weighted by molar-refractivity contribution is 0.147. The van der Waals surface area contributed by atoms with Crippen LogP contribution in [0.3, 0.4) is 0 Å². The third-order valence-electron chi connectivity index (χ3n) is 5.88. The predicted octanol–water partition coefficient (Wildman–Crippen LogP) is 2.68. The largest absolute Gasteiger partial charge is 0.380 e. The first-order valence-corrected chi connectivity index (χ1v) is 8.93. The fraction of sp³-hybridized carbons (Fsp3) is 0.350. The highest BCUT2D eigenvalue weighted by molar-refractivity contribution is 5.88. The summed E-state index contributed by atoms with van der Waals surface area (Å²) in [6.07, 6.45) is 6.17. The third kappa shape index (κ3) is 2.38. The van der Waals surface area contributed by atoms with E-state index >= 15 is 0 Å². The lowest BCUT2D eigenvalue weighted by Crippen LogP contribution is -2.51. The Bertz CT molecular complexity index is 968. The summed E-state index contributed by atoms with van der Waals surface area (Å²) in [6, 6.07) is 11.0. The molecule has 1 aromatic carbocycles. The van der Waals surface area contributed by atoms with Gasteiger partial charge in [0.05, 0.1) is 5.69 Å². The molecule has 128 valence electrons. The molecule has 0 unspecified atom stereocenters. The summed E-state index contributed by atoms with van der Waals surface area (Å²) in [5.41, 5.74) is 5.10. The van der Waals surface area contributed by atoms with Gasteiger partial charge in [-0.3, -0.25) is 4.79 Å². The van der Waals surface area contributed by atoms with Crippen LogP contribution in [0.25, 0.3) is 10.9 Å². The van der Waals surface area contributed by atoms with Gasteiger partial charge in [0, 0.05) is 53.9 Å². The number of fused-ring (bicyclic) bond motifs is 2. The first kappa shape index (κ1) is 14.8. The standard InChI is InChI=1S/C20H22N4O/c1-24-11-14(23-13-5-6-19(25)22-10-13)8-16-15-3-2-4-17-20(15)12(9-21-17)7-18(16)24/h2-6,9-10,14,16,18,21,23H,7-8,11H2,1H3,(H,22,25)/t14-,16-,18-/m1/s1. The molecule has 1 saturated heterocycles. The van der Waals surface area contributed by atoms with Crippen LogP contribution in [0.1, 0.15) is 23.5 Å². The lowest BCUT2D eigenvalue weighted by Gasteiger charge is -2.45. The smallest absolute Gasteiger partial charge is 0.248 e. The number of aromatic amines is 2. The zero-order valence-corrected chi connectivity index (χ0v) is 14.3. The normalized spacial score (nSPS) is 25.7. The Morgan fingerprint density at radius 3 is 2.92 bits per heavy atom. The highest BCUT2D eigenvalue weighted by Crippen LogP contribution is 2.43. The van der Waals surface area contributed by atoms with Gasteiger partial charge in [0.15, 0.2) is 0 Å². The zero-order valence-electron chi connectivity index (χ0n) is 14.3. The second-order valence-corrected chi connectivity index (χ2v) is 7.42. The molecule has 3 atom stereocenters. The predicted molar refractivity (Wildman–Crippen MR) is 100 cm³/mol. The number of hydrogen-bond acceptors (Lipinski definition) is 3. The molecule has 3 heterocycles. The Kier molecular flexibility index (Phi) is 3.25. The van der Waals surface area contributed by atoms with Gasteiger partial charge >= 0.3 is 0 Å². The van der Waals surface area contributed by atoms with Gasteiger partial charge in [0.1, 0.15) is 0 Å².